The van der Waals surface area contributed by atoms with E-state index in [9.17, 15) is 4.79 Å². The van der Waals surface area contributed by atoms with Crippen LogP contribution in [0, 0.1) is 5.41 Å². The van der Waals surface area contributed by atoms with Crippen LogP contribution in [0.4, 0.5) is 0 Å². The van der Waals surface area contributed by atoms with E-state index in [1.54, 1.807) is 18.2 Å². The van der Waals surface area contributed by atoms with Crippen LogP contribution >= 0.6 is 11.6 Å². The third-order valence-corrected chi connectivity index (χ3v) is 3.09. The minimum absolute atomic E-state index is 0.0846. The number of halogens is 1. The molecule has 15 heavy (non-hydrogen) atoms. The summed E-state index contributed by atoms with van der Waals surface area (Å²) >= 11 is 6.27. The molecular formula is C12H15ClO2. The van der Waals surface area contributed by atoms with E-state index in [1.807, 2.05) is 26.8 Å². The van der Waals surface area contributed by atoms with Crippen molar-refractivity contribution in [3.05, 3.63) is 35.4 Å². The highest BCUT2D eigenvalue weighted by atomic mass is 35.5. The first-order valence-electron chi connectivity index (χ1n) is 4.79. The Hall–Kier alpha value is -1.02. The average Bonchev–Trinajstić information content (AvgIpc) is 2.15. The zero-order valence-electron chi connectivity index (χ0n) is 9.12. The molecule has 0 aliphatic carbocycles. The van der Waals surface area contributed by atoms with Gasteiger partial charge in [-0.3, -0.25) is 0 Å². The van der Waals surface area contributed by atoms with Crippen molar-refractivity contribution in [2.75, 3.05) is 0 Å². The third kappa shape index (κ3) is 2.96. The SMILES string of the molecule is CC(C)(C)C(Cl)c1cccc(C(=O)O)c1. The van der Waals surface area contributed by atoms with E-state index in [2.05, 4.69) is 0 Å². The van der Waals surface area contributed by atoms with Crippen LogP contribution in [0.1, 0.15) is 42.1 Å². The summed E-state index contributed by atoms with van der Waals surface area (Å²) in [5.74, 6) is -0.922. The number of alkyl halides is 1. The van der Waals surface area contributed by atoms with Crippen LogP contribution in [0.5, 0.6) is 0 Å². The molecule has 0 saturated heterocycles. The van der Waals surface area contributed by atoms with Gasteiger partial charge in [-0.25, -0.2) is 4.79 Å². The summed E-state index contributed by atoms with van der Waals surface area (Å²) < 4.78 is 0. The van der Waals surface area contributed by atoms with E-state index in [4.69, 9.17) is 16.7 Å². The zero-order valence-corrected chi connectivity index (χ0v) is 9.88. The molecule has 0 fully saturated rings. The van der Waals surface area contributed by atoms with Gasteiger partial charge in [-0.1, -0.05) is 32.9 Å². The van der Waals surface area contributed by atoms with Crippen molar-refractivity contribution in [1.29, 1.82) is 0 Å². The van der Waals surface area contributed by atoms with E-state index in [0.29, 0.717) is 0 Å². The van der Waals surface area contributed by atoms with Gasteiger partial charge in [-0.15, -0.1) is 11.6 Å². The van der Waals surface area contributed by atoms with E-state index in [-0.39, 0.29) is 16.4 Å². The lowest BCUT2D eigenvalue weighted by Gasteiger charge is -2.25. The topological polar surface area (TPSA) is 37.3 Å². The number of carboxylic acid groups (broad SMARTS) is 1. The van der Waals surface area contributed by atoms with Crippen LogP contribution < -0.4 is 0 Å². The van der Waals surface area contributed by atoms with Gasteiger partial charge in [0.05, 0.1) is 10.9 Å². The number of rotatable bonds is 2. The smallest absolute Gasteiger partial charge is 0.335 e. The molecule has 3 heteroatoms. The number of hydrogen-bond donors (Lipinski definition) is 1. The van der Waals surface area contributed by atoms with Crippen LogP contribution in [-0.4, -0.2) is 11.1 Å². The predicted molar refractivity (Wildman–Crippen MR) is 61.5 cm³/mol. The predicted octanol–water partition coefficient (Wildman–Crippen LogP) is 3.71. The molecule has 1 unspecified atom stereocenters. The first-order valence-corrected chi connectivity index (χ1v) is 5.23. The molecule has 0 aliphatic heterocycles. The number of carboxylic acids is 1. The fraction of sp³-hybridized carbons (Fsp3) is 0.417. The summed E-state index contributed by atoms with van der Waals surface area (Å²) in [6.45, 7) is 6.08. The van der Waals surface area contributed by atoms with E-state index in [0.717, 1.165) is 5.56 Å². The molecule has 0 heterocycles. The molecular weight excluding hydrogens is 212 g/mol. The Morgan fingerprint density at radius 2 is 2.00 bits per heavy atom. The molecule has 0 bridgehead atoms. The minimum Gasteiger partial charge on any atom is -0.478 e. The van der Waals surface area contributed by atoms with Gasteiger partial charge < -0.3 is 5.11 Å². The number of hydrogen-bond acceptors (Lipinski definition) is 1. The summed E-state index contributed by atoms with van der Waals surface area (Å²) in [6.07, 6.45) is 0. The third-order valence-electron chi connectivity index (χ3n) is 2.19. The number of aromatic carboxylic acids is 1. The maximum atomic E-state index is 10.8. The lowest BCUT2D eigenvalue weighted by molar-refractivity contribution is 0.0696. The van der Waals surface area contributed by atoms with Gasteiger partial charge in [0.2, 0.25) is 0 Å². The molecule has 0 amide bonds. The van der Waals surface area contributed by atoms with Gasteiger partial charge in [0.25, 0.3) is 0 Å². The van der Waals surface area contributed by atoms with Gasteiger partial charge in [-0.2, -0.15) is 0 Å². The van der Waals surface area contributed by atoms with E-state index >= 15 is 0 Å². The molecule has 1 aromatic carbocycles. The molecule has 1 N–H and O–H groups in total. The van der Waals surface area contributed by atoms with Crippen LogP contribution in [0.3, 0.4) is 0 Å². The molecule has 0 spiro atoms. The summed E-state index contributed by atoms with van der Waals surface area (Å²) in [4.78, 5) is 10.8. The van der Waals surface area contributed by atoms with Crippen LogP contribution in [0.15, 0.2) is 24.3 Å². The Bertz CT molecular complexity index is 366. The Kier molecular flexibility index (Phi) is 3.40. The van der Waals surface area contributed by atoms with Crippen molar-refractivity contribution >= 4 is 17.6 Å². The fourth-order valence-corrected chi connectivity index (χ4v) is 1.47. The van der Waals surface area contributed by atoms with Crippen molar-refractivity contribution in [3.8, 4) is 0 Å². The molecule has 0 saturated carbocycles. The summed E-state index contributed by atoms with van der Waals surface area (Å²) in [6, 6.07) is 6.78. The van der Waals surface area contributed by atoms with Crippen molar-refractivity contribution in [2.24, 2.45) is 5.41 Å². The first-order chi connectivity index (χ1) is 6.82. The lowest BCUT2D eigenvalue weighted by atomic mass is 9.87. The van der Waals surface area contributed by atoms with Gasteiger partial charge in [-0.05, 0) is 23.1 Å². The van der Waals surface area contributed by atoms with Crippen molar-refractivity contribution in [3.63, 3.8) is 0 Å². The molecule has 1 atom stereocenters. The number of benzene rings is 1. The first kappa shape index (κ1) is 12.1. The van der Waals surface area contributed by atoms with Crippen molar-refractivity contribution in [2.45, 2.75) is 26.1 Å². The van der Waals surface area contributed by atoms with Gasteiger partial charge in [0.15, 0.2) is 0 Å². The molecule has 1 rings (SSSR count). The standard InChI is InChI=1S/C12H15ClO2/c1-12(2,3)10(13)8-5-4-6-9(7-8)11(14)15/h4-7,10H,1-3H3,(H,14,15). The van der Waals surface area contributed by atoms with Crippen LogP contribution in [0.2, 0.25) is 0 Å². The van der Waals surface area contributed by atoms with Crippen molar-refractivity contribution in [1.82, 2.24) is 0 Å². The van der Waals surface area contributed by atoms with Crippen molar-refractivity contribution < 1.29 is 9.90 Å². The number of carbonyl (C=O) groups is 1. The highest BCUT2D eigenvalue weighted by Crippen LogP contribution is 2.38. The normalized spacial score (nSPS) is 13.6. The monoisotopic (exact) mass is 226 g/mol. The minimum atomic E-state index is -0.922. The Labute approximate surface area is 94.9 Å². The molecule has 0 aliphatic rings. The van der Waals surface area contributed by atoms with E-state index in [1.165, 1.54) is 0 Å². The summed E-state index contributed by atoms with van der Waals surface area (Å²) in [7, 11) is 0. The molecule has 1 aromatic rings. The quantitative estimate of drug-likeness (QED) is 0.781. The Balaban J connectivity index is 3.06. The highest BCUT2D eigenvalue weighted by Gasteiger charge is 2.24. The maximum absolute atomic E-state index is 10.8. The molecule has 82 valence electrons. The second kappa shape index (κ2) is 4.23. The molecule has 2 nitrogen and oxygen atoms in total. The molecule has 0 radical (unpaired) electrons. The highest BCUT2D eigenvalue weighted by molar-refractivity contribution is 6.21. The lowest BCUT2D eigenvalue weighted by Crippen LogP contribution is -2.13. The second-order valence-corrected chi connectivity index (χ2v) is 5.10. The van der Waals surface area contributed by atoms with Gasteiger partial charge in [0, 0.05) is 0 Å². The zero-order chi connectivity index (χ0) is 11.6. The average molecular weight is 227 g/mol. The van der Waals surface area contributed by atoms with Crippen LogP contribution in [0.25, 0.3) is 0 Å². The Morgan fingerprint density at radius 3 is 2.47 bits per heavy atom. The van der Waals surface area contributed by atoms with E-state index < -0.39 is 5.97 Å². The van der Waals surface area contributed by atoms with Gasteiger partial charge in [0.1, 0.15) is 0 Å². The second-order valence-electron chi connectivity index (χ2n) is 4.66. The Morgan fingerprint density at radius 1 is 1.40 bits per heavy atom. The molecule has 0 aromatic heterocycles. The largest absolute Gasteiger partial charge is 0.478 e. The summed E-state index contributed by atoms with van der Waals surface area (Å²) in [5, 5.41) is 8.67. The van der Waals surface area contributed by atoms with Crippen LogP contribution in [-0.2, 0) is 0 Å². The maximum Gasteiger partial charge on any atom is 0.335 e. The fourth-order valence-electron chi connectivity index (χ4n) is 1.33. The van der Waals surface area contributed by atoms with Gasteiger partial charge >= 0.3 is 5.97 Å². The summed E-state index contributed by atoms with van der Waals surface area (Å²) in [5.41, 5.74) is 1.05.